The van der Waals surface area contributed by atoms with E-state index in [2.05, 4.69) is 21.7 Å². The van der Waals surface area contributed by atoms with Crippen molar-refractivity contribution in [3.8, 4) is 5.75 Å². The molecule has 162 valence electrons. The van der Waals surface area contributed by atoms with E-state index in [9.17, 15) is 9.90 Å². The van der Waals surface area contributed by atoms with Crippen LogP contribution in [0, 0.1) is 5.92 Å². The molecular weight excluding hydrogens is 481 g/mol. The summed E-state index contributed by atoms with van der Waals surface area (Å²) in [6.45, 7) is 2.86. The largest absolute Gasteiger partial charge is 0.508 e. The lowest BCUT2D eigenvalue weighted by atomic mass is 9.86. The van der Waals surface area contributed by atoms with Crippen LogP contribution in [0.2, 0.25) is 0 Å². The Labute approximate surface area is 190 Å². The Morgan fingerprint density at radius 2 is 1.93 bits per heavy atom. The van der Waals surface area contributed by atoms with Crippen molar-refractivity contribution in [2.24, 2.45) is 10.9 Å². The molecule has 0 heterocycles. The van der Waals surface area contributed by atoms with Crippen molar-refractivity contribution in [2.75, 3.05) is 13.7 Å². The number of halogens is 1. The number of aryl methyl sites for hydroxylation is 1. The lowest BCUT2D eigenvalue weighted by molar-refractivity contribution is -0.149. The maximum atomic E-state index is 11.9. The van der Waals surface area contributed by atoms with E-state index in [1.807, 2.05) is 13.0 Å². The predicted molar refractivity (Wildman–Crippen MR) is 126 cm³/mol. The highest BCUT2D eigenvalue weighted by Gasteiger charge is 2.27. The third kappa shape index (κ3) is 6.23. The molecule has 1 aromatic carbocycles. The van der Waals surface area contributed by atoms with Gasteiger partial charge in [-0.3, -0.25) is 9.79 Å². The Balaban J connectivity index is 0.00000300. The second-order valence-electron chi connectivity index (χ2n) is 7.78. The zero-order valence-corrected chi connectivity index (χ0v) is 19.8. The lowest BCUT2D eigenvalue weighted by Crippen LogP contribution is -2.45. The molecule has 2 aliphatic rings. The van der Waals surface area contributed by atoms with Crippen LogP contribution in [0.3, 0.4) is 0 Å². The number of aromatic hydroxyl groups is 1. The number of phenolic OH excluding ortho intramolecular Hbond substituents is 1. The van der Waals surface area contributed by atoms with Gasteiger partial charge in [0, 0.05) is 25.2 Å². The number of esters is 1. The molecule has 6 nitrogen and oxygen atoms in total. The van der Waals surface area contributed by atoms with Gasteiger partial charge in [-0.2, -0.15) is 0 Å². The molecule has 0 amide bonds. The van der Waals surface area contributed by atoms with Crippen molar-refractivity contribution in [1.82, 2.24) is 10.6 Å². The number of rotatable bonds is 5. The standard InChI is InChI=1S/C22H33N3O3.HI/c1-3-28-21(27)16-8-11-17(12-9-16)25-22(23-2)24-14-19-18-7-5-4-6-15(18)10-13-20(19)26;/h10,13,16-17,26H,3-9,11-12,14H2,1-2H3,(H2,23,24,25);1H. The first-order valence-electron chi connectivity index (χ1n) is 10.6. The number of aliphatic imine (C=N–C) groups is 1. The molecule has 29 heavy (non-hydrogen) atoms. The van der Waals surface area contributed by atoms with Crippen molar-refractivity contribution in [3.63, 3.8) is 0 Å². The molecule has 2 aliphatic carbocycles. The molecule has 0 bridgehead atoms. The van der Waals surface area contributed by atoms with E-state index in [4.69, 9.17) is 4.74 Å². The number of nitrogens with zero attached hydrogens (tertiary/aromatic N) is 1. The Hall–Kier alpha value is -1.51. The van der Waals surface area contributed by atoms with E-state index in [1.54, 1.807) is 7.05 Å². The molecule has 0 aliphatic heterocycles. The minimum atomic E-state index is -0.0622. The Bertz CT molecular complexity index is 715. The number of guanidine groups is 1. The van der Waals surface area contributed by atoms with Gasteiger partial charge in [0.25, 0.3) is 0 Å². The highest BCUT2D eigenvalue weighted by atomic mass is 127. The number of phenols is 1. The van der Waals surface area contributed by atoms with Crippen molar-refractivity contribution >= 4 is 35.9 Å². The highest BCUT2D eigenvalue weighted by Crippen LogP contribution is 2.30. The lowest BCUT2D eigenvalue weighted by Gasteiger charge is -2.29. The first-order chi connectivity index (χ1) is 13.6. The van der Waals surface area contributed by atoms with E-state index < -0.39 is 0 Å². The molecule has 3 rings (SSSR count). The fourth-order valence-corrected chi connectivity index (χ4v) is 4.38. The quantitative estimate of drug-likeness (QED) is 0.241. The summed E-state index contributed by atoms with van der Waals surface area (Å²) in [5, 5.41) is 17.2. The molecule has 3 N–H and O–H groups in total. The summed E-state index contributed by atoms with van der Waals surface area (Å²) in [4.78, 5) is 16.2. The van der Waals surface area contributed by atoms with E-state index in [0.717, 1.165) is 50.0 Å². The second kappa shape index (κ2) is 11.6. The zero-order chi connectivity index (χ0) is 19.9. The SMILES string of the molecule is CCOC(=O)C1CCC(NC(=NC)NCc2c(O)ccc3c2CCCC3)CC1.I. The molecular formula is C22H34IN3O3. The predicted octanol–water partition coefficient (Wildman–Crippen LogP) is 3.68. The van der Waals surface area contributed by atoms with Crippen LogP contribution in [0.4, 0.5) is 0 Å². The van der Waals surface area contributed by atoms with Crippen LogP contribution in [0.5, 0.6) is 5.75 Å². The molecule has 0 aromatic heterocycles. The van der Waals surface area contributed by atoms with Crippen LogP contribution >= 0.6 is 24.0 Å². The normalized spacial score (nSPS) is 21.5. The van der Waals surface area contributed by atoms with Crippen molar-refractivity contribution in [3.05, 3.63) is 28.8 Å². The topological polar surface area (TPSA) is 83.0 Å². The zero-order valence-electron chi connectivity index (χ0n) is 17.5. The molecule has 1 fully saturated rings. The Morgan fingerprint density at radius 3 is 2.62 bits per heavy atom. The average Bonchev–Trinajstić information content (AvgIpc) is 2.72. The van der Waals surface area contributed by atoms with Gasteiger partial charge in [0.15, 0.2) is 5.96 Å². The Kier molecular flexibility index (Phi) is 9.52. The molecule has 1 aromatic rings. The van der Waals surface area contributed by atoms with E-state index in [-0.39, 0.29) is 35.9 Å². The molecule has 0 atom stereocenters. The number of fused-ring (bicyclic) bond motifs is 1. The highest BCUT2D eigenvalue weighted by molar-refractivity contribution is 14.0. The van der Waals surface area contributed by atoms with Crippen molar-refractivity contribution in [2.45, 2.75) is 70.9 Å². The summed E-state index contributed by atoms with van der Waals surface area (Å²) in [6, 6.07) is 4.17. The third-order valence-corrected chi connectivity index (χ3v) is 5.97. The van der Waals surface area contributed by atoms with Gasteiger partial charge in [0.1, 0.15) is 5.75 Å². The first-order valence-corrected chi connectivity index (χ1v) is 10.6. The number of nitrogens with one attached hydrogen (secondary N) is 2. The molecule has 0 unspecified atom stereocenters. The Morgan fingerprint density at radius 1 is 1.21 bits per heavy atom. The van der Waals surface area contributed by atoms with Crippen molar-refractivity contribution < 1.29 is 14.6 Å². The maximum Gasteiger partial charge on any atom is 0.308 e. The van der Waals surface area contributed by atoms with Crippen LogP contribution < -0.4 is 10.6 Å². The molecule has 0 saturated heterocycles. The van der Waals surface area contributed by atoms with Crippen molar-refractivity contribution in [1.29, 1.82) is 0 Å². The smallest absolute Gasteiger partial charge is 0.308 e. The number of benzene rings is 1. The van der Waals surface area contributed by atoms with E-state index in [0.29, 0.717) is 24.9 Å². The number of hydrogen-bond donors (Lipinski definition) is 3. The van der Waals surface area contributed by atoms with Gasteiger partial charge in [-0.15, -0.1) is 24.0 Å². The third-order valence-electron chi connectivity index (χ3n) is 5.97. The van der Waals surface area contributed by atoms with Crippen LogP contribution in [0.1, 0.15) is 62.1 Å². The maximum absolute atomic E-state index is 11.9. The van der Waals surface area contributed by atoms with Crippen LogP contribution in [-0.4, -0.2) is 36.7 Å². The summed E-state index contributed by atoms with van der Waals surface area (Å²) in [5.41, 5.74) is 3.65. The monoisotopic (exact) mass is 515 g/mol. The number of carbonyl (C=O) groups excluding carboxylic acids is 1. The van der Waals surface area contributed by atoms with E-state index >= 15 is 0 Å². The van der Waals surface area contributed by atoms with Gasteiger partial charge in [-0.05, 0) is 75.5 Å². The van der Waals surface area contributed by atoms with Crippen LogP contribution in [-0.2, 0) is 28.9 Å². The van der Waals surface area contributed by atoms with Crippen LogP contribution in [0.15, 0.2) is 17.1 Å². The van der Waals surface area contributed by atoms with Crippen LogP contribution in [0.25, 0.3) is 0 Å². The fourth-order valence-electron chi connectivity index (χ4n) is 4.38. The summed E-state index contributed by atoms with van der Waals surface area (Å²) in [5.74, 6) is 1.07. The van der Waals surface area contributed by atoms with Gasteiger partial charge in [-0.1, -0.05) is 6.07 Å². The summed E-state index contributed by atoms with van der Waals surface area (Å²) < 4.78 is 5.14. The summed E-state index contributed by atoms with van der Waals surface area (Å²) >= 11 is 0. The number of hydrogen-bond acceptors (Lipinski definition) is 4. The molecule has 1 saturated carbocycles. The number of ether oxygens (including phenoxy) is 1. The van der Waals surface area contributed by atoms with Gasteiger partial charge in [0.05, 0.1) is 12.5 Å². The summed E-state index contributed by atoms with van der Waals surface area (Å²) in [6.07, 6.45) is 8.08. The average molecular weight is 515 g/mol. The van der Waals surface area contributed by atoms with Gasteiger partial charge in [0.2, 0.25) is 0 Å². The minimum absolute atomic E-state index is 0. The van der Waals surface area contributed by atoms with Gasteiger partial charge in [-0.25, -0.2) is 0 Å². The molecule has 0 radical (unpaired) electrons. The summed E-state index contributed by atoms with van der Waals surface area (Å²) in [7, 11) is 1.76. The first kappa shape index (κ1) is 23.8. The van der Waals surface area contributed by atoms with E-state index in [1.165, 1.54) is 24.0 Å². The second-order valence-corrected chi connectivity index (χ2v) is 7.78. The number of carbonyl (C=O) groups is 1. The van der Waals surface area contributed by atoms with Gasteiger partial charge >= 0.3 is 5.97 Å². The molecule has 0 spiro atoms. The van der Waals surface area contributed by atoms with Gasteiger partial charge < -0.3 is 20.5 Å². The fraction of sp³-hybridized carbons (Fsp3) is 0.636. The minimum Gasteiger partial charge on any atom is -0.508 e. The molecule has 7 heteroatoms.